The summed E-state index contributed by atoms with van der Waals surface area (Å²) in [6, 6.07) is 20.6. The van der Waals surface area contributed by atoms with Crippen LogP contribution in [0.2, 0.25) is 0 Å². The van der Waals surface area contributed by atoms with Crippen molar-refractivity contribution >= 4 is 82.0 Å². The number of allylic oxidation sites excluding steroid dienone is 7. The third kappa shape index (κ3) is 16.8. The number of aliphatic hydroxyl groups is 1. The Kier molecular flexibility index (Phi) is 21.3. The molecule has 1 saturated heterocycles. The van der Waals surface area contributed by atoms with Crippen LogP contribution in [0.1, 0.15) is 113 Å². The number of halogens is 2. The Balaban J connectivity index is 0.787. The van der Waals surface area contributed by atoms with Gasteiger partial charge in [-0.15, -0.1) is 0 Å². The van der Waals surface area contributed by atoms with Crippen LogP contribution >= 0.6 is 0 Å². The summed E-state index contributed by atoms with van der Waals surface area (Å²) in [5, 5.41) is 28.1. The third-order valence-corrected chi connectivity index (χ3v) is 19.5. The normalized spacial score (nSPS) is 18.5. The van der Waals surface area contributed by atoms with Crippen LogP contribution in [0.5, 0.6) is 11.5 Å². The van der Waals surface area contributed by atoms with Gasteiger partial charge in [-0.05, 0) is 146 Å². The van der Waals surface area contributed by atoms with Gasteiger partial charge in [0.25, 0.3) is 42.2 Å². The number of rotatable bonds is 26. The molecular weight excluding hydrogens is 1290 g/mol. The van der Waals surface area contributed by atoms with Gasteiger partial charge in [-0.1, -0.05) is 58.4 Å². The number of hydrogen-bond donors (Lipinski definition) is 7. The maximum Gasteiger partial charge on any atom is 0.294 e. The Hall–Kier alpha value is -8.76. The predicted octanol–water partition coefficient (Wildman–Crippen LogP) is 8.52. The zero-order valence-electron chi connectivity index (χ0n) is 52.3. The monoisotopic (exact) mass is 1370 g/mol. The first kappa shape index (κ1) is 70.6. The summed E-state index contributed by atoms with van der Waals surface area (Å²) in [4.78, 5) is 62.6. The number of ether oxygens (including phenoxy) is 2. The first-order valence-electron chi connectivity index (χ1n) is 30.5. The number of nitrogens with zero attached hydrogens (tertiary/aromatic N) is 5. The zero-order chi connectivity index (χ0) is 68.8. The number of nitrogens with one attached hydrogen (secondary N) is 3. The standard InChI is InChI=1S/C66H72F2N8O16S3/c1-64(2)51-34-47(94(85,86)87)22-24-53(51)74-56(64)26-16-41-11-8-12-42(62(41)92-45-18-20-46(21-19-45)93(82,83)84)17-27-57-65(3,4)52-35-48(95(88,89)90)23-25-54(52)75(57)31-7-5-6-15-58(78)72-38-44(77)33-59(79)70-29-10-32-91-55-14-9-13-49-50(28-30-71-61(49)55)63(81)73-39-60(80)76-40-66(67,68)36-43(76)37-69/h9,13-14,16-28,30,34-35,43-44,77H,5-8,10-12,15,29,31-33,36,38-40H2,1-4H3,(H,70,79)(H,72,78)(H,73,81)(H,82,83,84)(H,85,86,87)(H,88,89,90)/b26-16+,42-17+,57-27+/t43-,44?/m0/s1. The maximum absolute atomic E-state index is 13.9. The van der Waals surface area contributed by atoms with E-state index in [9.17, 15) is 77.2 Å². The van der Waals surface area contributed by atoms with Gasteiger partial charge in [0.05, 0.1) is 69.9 Å². The van der Waals surface area contributed by atoms with Crippen LogP contribution < -0.4 is 30.3 Å². The summed E-state index contributed by atoms with van der Waals surface area (Å²) in [5.74, 6) is -4.48. The van der Waals surface area contributed by atoms with Crippen LogP contribution in [0.3, 0.4) is 0 Å². The molecule has 1 aliphatic carbocycles. The SMILES string of the molecule is CC1(C)C(/C=C/C2=C(Oc3ccc(S(=O)(=O)O)cc3)C(=C/C=C3/N(CCCCCC(=O)NCC(O)CC(=O)NCCCOc4cccc5c(C(=O)NCC(=O)N6CC(F)(F)C[C@H]6C#N)ccnc45)c4ccc(S(=O)(=O)O)cc4C3(C)C)/CCC2)=Nc2ccc(S(=O)(=O)O)cc21. The minimum Gasteiger partial charge on any atom is -0.491 e. The van der Waals surface area contributed by atoms with Gasteiger partial charge in [0, 0.05) is 66.3 Å². The molecular formula is C66H72F2N8O16S3. The molecule has 0 spiro atoms. The molecule has 24 nitrogen and oxygen atoms in total. The first-order chi connectivity index (χ1) is 44.7. The van der Waals surface area contributed by atoms with Crippen molar-refractivity contribution in [1.29, 1.82) is 5.26 Å². The third-order valence-electron chi connectivity index (χ3n) is 16.9. The molecule has 9 rings (SSSR count). The molecule has 1 unspecified atom stereocenters. The van der Waals surface area contributed by atoms with E-state index < -0.39 is 96.5 Å². The number of benzene rings is 4. The van der Waals surface area contributed by atoms with Gasteiger partial charge in [-0.3, -0.25) is 42.8 Å². The molecule has 1 aromatic heterocycles. The molecule has 7 N–H and O–H groups in total. The number of likely N-dealkylation sites (tertiary alicyclic amines) is 1. The van der Waals surface area contributed by atoms with Gasteiger partial charge < -0.3 is 40.3 Å². The van der Waals surface area contributed by atoms with Crippen molar-refractivity contribution < 1.29 is 81.5 Å². The fourth-order valence-corrected chi connectivity index (χ4v) is 13.4. The van der Waals surface area contributed by atoms with Gasteiger partial charge in [-0.25, -0.2) is 8.78 Å². The number of aromatic nitrogens is 1. The van der Waals surface area contributed by atoms with Crippen LogP contribution in [-0.2, 0) is 55.6 Å². The number of fused-ring (bicyclic) bond motifs is 3. The second kappa shape index (κ2) is 28.7. The minimum atomic E-state index is -4.59. The molecule has 4 heterocycles. The number of carbonyl (C=O) groups excluding carboxylic acids is 4. The average Bonchev–Trinajstić information content (AvgIpc) is 1.61. The fraction of sp³-hybridized carbons (Fsp3) is 0.379. The number of alkyl halides is 2. The topological polar surface area (TPSA) is 362 Å². The molecule has 3 aliphatic heterocycles. The lowest BCUT2D eigenvalue weighted by atomic mass is 9.81. The molecule has 0 saturated carbocycles. The van der Waals surface area contributed by atoms with E-state index in [1.54, 1.807) is 30.3 Å². The fourth-order valence-electron chi connectivity index (χ4n) is 11.9. The highest BCUT2D eigenvalue weighted by Crippen LogP contribution is 2.49. The van der Waals surface area contributed by atoms with Crippen LogP contribution in [0.4, 0.5) is 20.2 Å². The van der Waals surface area contributed by atoms with E-state index in [-0.39, 0.29) is 64.4 Å². The van der Waals surface area contributed by atoms with E-state index in [1.807, 2.05) is 52.0 Å². The Morgan fingerprint density at radius 3 is 2.19 bits per heavy atom. The molecule has 95 heavy (non-hydrogen) atoms. The number of carbonyl (C=O) groups is 4. The van der Waals surface area contributed by atoms with Gasteiger partial charge in [0.1, 0.15) is 28.8 Å². The predicted molar refractivity (Wildman–Crippen MR) is 346 cm³/mol. The molecule has 0 bridgehead atoms. The molecule has 4 aromatic carbocycles. The number of para-hydroxylation sites is 1. The van der Waals surface area contributed by atoms with Crippen LogP contribution in [-0.4, -0.2) is 141 Å². The van der Waals surface area contributed by atoms with E-state index in [0.717, 1.165) is 21.7 Å². The van der Waals surface area contributed by atoms with Crippen molar-refractivity contribution in [2.75, 3.05) is 44.2 Å². The highest BCUT2D eigenvalue weighted by atomic mass is 32.2. The van der Waals surface area contributed by atoms with E-state index >= 15 is 0 Å². The average molecular weight is 1370 g/mol. The minimum absolute atomic E-state index is 0.113. The summed E-state index contributed by atoms with van der Waals surface area (Å²) < 4.78 is 143. The lowest BCUT2D eigenvalue weighted by Gasteiger charge is -2.27. The van der Waals surface area contributed by atoms with Gasteiger partial charge in [0.15, 0.2) is 0 Å². The smallest absolute Gasteiger partial charge is 0.294 e. The summed E-state index contributed by atoms with van der Waals surface area (Å²) >= 11 is 0. The van der Waals surface area contributed by atoms with Gasteiger partial charge >= 0.3 is 0 Å². The Labute approximate surface area is 548 Å². The Bertz CT molecular complexity index is 4410. The number of aliphatic imine (C=N–C) groups is 1. The number of unbranched alkanes of at least 4 members (excludes halogenated alkanes) is 2. The quantitative estimate of drug-likeness (QED) is 0.0201. The Morgan fingerprint density at radius 1 is 0.789 bits per heavy atom. The number of pyridine rings is 1. The lowest BCUT2D eigenvalue weighted by molar-refractivity contribution is -0.131. The summed E-state index contributed by atoms with van der Waals surface area (Å²) in [5.41, 5.74) is 4.16. The Morgan fingerprint density at radius 2 is 1.48 bits per heavy atom. The number of aliphatic hydroxyl groups excluding tert-OH is 1. The van der Waals surface area contributed by atoms with E-state index in [2.05, 4.69) is 25.8 Å². The largest absolute Gasteiger partial charge is 0.491 e. The molecule has 504 valence electrons. The molecule has 29 heteroatoms. The molecule has 2 atom stereocenters. The van der Waals surface area contributed by atoms with Crippen LogP contribution in [0, 0.1) is 11.3 Å². The molecule has 0 radical (unpaired) electrons. The first-order valence-corrected chi connectivity index (χ1v) is 34.8. The lowest BCUT2D eigenvalue weighted by Crippen LogP contribution is -2.43. The summed E-state index contributed by atoms with van der Waals surface area (Å²) in [7, 11) is -13.6. The molecule has 5 aromatic rings. The summed E-state index contributed by atoms with van der Waals surface area (Å²) in [6.07, 6.45) is 10.4. The second-order valence-corrected chi connectivity index (χ2v) is 28.7. The van der Waals surface area contributed by atoms with E-state index in [4.69, 9.17) is 14.5 Å². The number of anilines is 1. The molecule has 4 aliphatic rings. The second-order valence-electron chi connectivity index (χ2n) is 24.5. The molecule has 1 fully saturated rings. The van der Waals surface area contributed by atoms with Crippen molar-refractivity contribution in [3.05, 3.63) is 155 Å². The van der Waals surface area contributed by atoms with Crippen molar-refractivity contribution in [2.24, 2.45) is 4.99 Å². The van der Waals surface area contributed by atoms with Gasteiger partial charge in [0.2, 0.25) is 17.7 Å². The number of hydrogen-bond acceptors (Lipinski definition) is 17. The highest BCUT2D eigenvalue weighted by molar-refractivity contribution is 7.86. The number of amides is 4. The van der Waals surface area contributed by atoms with Crippen LogP contribution in [0.15, 0.2) is 158 Å². The summed E-state index contributed by atoms with van der Waals surface area (Å²) in [6.45, 7) is 6.62. The van der Waals surface area contributed by atoms with E-state index in [0.29, 0.717) is 102 Å². The zero-order valence-corrected chi connectivity index (χ0v) is 54.8. The molecule has 4 amide bonds. The van der Waals surface area contributed by atoms with Crippen molar-refractivity contribution in [3.8, 4) is 17.6 Å². The van der Waals surface area contributed by atoms with E-state index in [1.165, 1.54) is 66.9 Å². The van der Waals surface area contributed by atoms with Gasteiger partial charge in [-0.2, -0.15) is 30.5 Å². The van der Waals surface area contributed by atoms with Crippen LogP contribution in [0.25, 0.3) is 10.9 Å². The van der Waals surface area contributed by atoms with Crippen molar-refractivity contribution in [1.82, 2.24) is 25.8 Å². The van der Waals surface area contributed by atoms with Crippen molar-refractivity contribution in [3.63, 3.8) is 0 Å². The maximum atomic E-state index is 13.9. The highest BCUT2D eigenvalue weighted by Gasteiger charge is 2.47. The number of nitriles is 1. The van der Waals surface area contributed by atoms with Crippen molar-refractivity contribution in [2.45, 2.75) is 135 Å².